The SMILES string of the molecule is CCOc1ccc(CCNC(=O)N2CCC(C(=O)O)CC2)cc1OCC. The van der Waals surface area contributed by atoms with E-state index in [1.54, 1.807) is 4.90 Å². The lowest BCUT2D eigenvalue weighted by atomic mass is 9.97. The van der Waals surface area contributed by atoms with Gasteiger partial charge in [-0.25, -0.2) is 4.79 Å². The van der Waals surface area contributed by atoms with Crippen molar-refractivity contribution >= 4 is 12.0 Å². The van der Waals surface area contributed by atoms with Crippen molar-refractivity contribution < 1.29 is 24.2 Å². The van der Waals surface area contributed by atoms with E-state index in [0.717, 1.165) is 11.3 Å². The van der Waals surface area contributed by atoms with Crippen molar-refractivity contribution in [2.75, 3.05) is 32.8 Å². The first-order valence-corrected chi connectivity index (χ1v) is 9.19. The molecule has 0 aliphatic carbocycles. The maximum absolute atomic E-state index is 12.2. The molecule has 2 N–H and O–H groups in total. The lowest BCUT2D eigenvalue weighted by Gasteiger charge is -2.30. The number of likely N-dealkylation sites (tertiary alicyclic amines) is 1. The number of hydrogen-bond acceptors (Lipinski definition) is 4. The van der Waals surface area contributed by atoms with E-state index >= 15 is 0 Å². The molecular weight excluding hydrogens is 336 g/mol. The van der Waals surface area contributed by atoms with Crippen LogP contribution in [0.2, 0.25) is 0 Å². The number of carboxylic acid groups (broad SMARTS) is 1. The van der Waals surface area contributed by atoms with Gasteiger partial charge in [0.2, 0.25) is 0 Å². The molecule has 1 saturated heterocycles. The number of nitrogens with zero attached hydrogens (tertiary/aromatic N) is 1. The van der Waals surface area contributed by atoms with E-state index in [1.165, 1.54) is 0 Å². The summed E-state index contributed by atoms with van der Waals surface area (Å²) in [4.78, 5) is 24.8. The van der Waals surface area contributed by atoms with Crippen molar-refractivity contribution in [3.8, 4) is 11.5 Å². The summed E-state index contributed by atoms with van der Waals surface area (Å²) in [5.74, 6) is 0.336. The zero-order valence-corrected chi connectivity index (χ0v) is 15.5. The van der Waals surface area contributed by atoms with Crippen LogP contribution >= 0.6 is 0 Å². The standard InChI is InChI=1S/C19H28N2O5/c1-3-25-16-6-5-14(13-17(16)26-4-2)7-10-20-19(24)21-11-8-15(9-12-21)18(22)23/h5-6,13,15H,3-4,7-12H2,1-2H3,(H,20,24)(H,22,23). The van der Waals surface area contributed by atoms with Crippen LogP contribution in [0.1, 0.15) is 32.3 Å². The molecule has 26 heavy (non-hydrogen) atoms. The Morgan fingerprint density at radius 2 is 1.81 bits per heavy atom. The number of hydrogen-bond donors (Lipinski definition) is 2. The van der Waals surface area contributed by atoms with Crippen LogP contribution in [0.3, 0.4) is 0 Å². The van der Waals surface area contributed by atoms with Crippen molar-refractivity contribution in [2.24, 2.45) is 5.92 Å². The van der Waals surface area contributed by atoms with Gasteiger partial charge in [0.15, 0.2) is 11.5 Å². The van der Waals surface area contributed by atoms with Crippen LogP contribution in [0, 0.1) is 5.92 Å². The normalized spacial score (nSPS) is 14.8. The van der Waals surface area contributed by atoms with Gasteiger partial charge in [-0.2, -0.15) is 0 Å². The maximum Gasteiger partial charge on any atom is 0.317 e. The lowest BCUT2D eigenvalue weighted by molar-refractivity contribution is -0.143. The lowest BCUT2D eigenvalue weighted by Crippen LogP contribution is -2.45. The number of carbonyl (C=O) groups excluding carboxylic acids is 1. The number of carbonyl (C=O) groups is 2. The van der Waals surface area contributed by atoms with Gasteiger partial charge in [0.05, 0.1) is 19.1 Å². The van der Waals surface area contributed by atoms with Crippen molar-refractivity contribution in [1.29, 1.82) is 0 Å². The molecule has 0 bridgehead atoms. The minimum absolute atomic E-state index is 0.134. The van der Waals surface area contributed by atoms with E-state index in [2.05, 4.69) is 5.32 Å². The topological polar surface area (TPSA) is 88.1 Å². The molecule has 2 rings (SSSR count). The summed E-state index contributed by atoms with van der Waals surface area (Å²) in [6.45, 7) is 6.48. The van der Waals surface area contributed by atoms with Gasteiger partial charge >= 0.3 is 12.0 Å². The van der Waals surface area contributed by atoms with Crippen LogP contribution in [0.5, 0.6) is 11.5 Å². The molecule has 0 radical (unpaired) electrons. The molecule has 1 aliphatic rings. The molecule has 0 spiro atoms. The smallest absolute Gasteiger partial charge is 0.317 e. The molecule has 0 atom stereocenters. The summed E-state index contributed by atoms with van der Waals surface area (Å²) in [5.41, 5.74) is 1.06. The highest BCUT2D eigenvalue weighted by Gasteiger charge is 2.26. The molecule has 0 aromatic heterocycles. The highest BCUT2D eigenvalue weighted by atomic mass is 16.5. The van der Waals surface area contributed by atoms with E-state index in [0.29, 0.717) is 57.9 Å². The Balaban J connectivity index is 1.81. The van der Waals surface area contributed by atoms with Crippen LogP contribution in [0.4, 0.5) is 4.79 Å². The largest absolute Gasteiger partial charge is 0.490 e. The van der Waals surface area contributed by atoms with Gasteiger partial charge in [-0.15, -0.1) is 0 Å². The highest BCUT2D eigenvalue weighted by Crippen LogP contribution is 2.28. The average Bonchev–Trinajstić information content (AvgIpc) is 2.64. The molecule has 0 saturated carbocycles. The first-order valence-electron chi connectivity index (χ1n) is 9.19. The van der Waals surface area contributed by atoms with Gasteiger partial charge in [-0.3, -0.25) is 4.79 Å². The number of ether oxygens (including phenoxy) is 2. The number of amides is 2. The zero-order chi connectivity index (χ0) is 18.9. The number of benzene rings is 1. The summed E-state index contributed by atoms with van der Waals surface area (Å²) in [6, 6.07) is 5.67. The fourth-order valence-electron chi connectivity index (χ4n) is 3.01. The molecule has 7 nitrogen and oxygen atoms in total. The van der Waals surface area contributed by atoms with E-state index in [-0.39, 0.29) is 11.9 Å². The molecule has 2 amide bonds. The van der Waals surface area contributed by atoms with Crippen LogP contribution in [0.15, 0.2) is 18.2 Å². The van der Waals surface area contributed by atoms with Crippen LogP contribution in [-0.4, -0.2) is 54.9 Å². The molecule has 1 aromatic carbocycles. The molecule has 7 heteroatoms. The summed E-state index contributed by atoms with van der Waals surface area (Å²) in [5, 5.41) is 11.9. The molecule has 1 heterocycles. The average molecular weight is 364 g/mol. The second-order valence-corrected chi connectivity index (χ2v) is 6.23. The number of carboxylic acids is 1. The number of nitrogens with one attached hydrogen (secondary N) is 1. The Bertz CT molecular complexity index is 612. The van der Waals surface area contributed by atoms with Gasteiger partial charge < -0.3 is 24.8 Å². The number of piperidine rings is 1. The third kappa shape index (κ3) is 5.54. The summed E-state index contributed by atoms with van der Waals surface area (Å²) >= 11 is 0. The molecule has 1 aliphatic heterocycles. The molecule has 1 aromatic rings. The maximum atomic E-state index is 12.2. The van der Waals surface area contributed by atoms with Crippen LogP contribution in [-0.2, 0) is 11.2 Å². The minimum atomic E-state index is -0.773. The van der Waals surface area contributed by atoms with Crippen molar-refractivity contribution in [2.45, 2.75) is 33.1 Å². The molecule has 0 unspecified atom stereocenters. The molecule has 144 valence electrons. The fourth-order valence-corrected chi connectivity index (χ4v) is 3.01. The third-order valence-corrected chi connectivity index (χ3v) is 4.43. The summed E-state index contributed by atoms with van der Waals surface area (Å²) in [7, 11) is 0. The molecule has 1 fully saturated rings. The van der Waals surface area contributed by atoms with Gasteiger partial charge in [0.25, 0.3) is 0 Å². The molecular formula is C19H28N2O5. The van der Waals surface area contributed by atoms with E-state index in [1.807, 2.05) is 32.0 Å². The van der Waals surface area contributed by atoms with Crippen LogP contribution in [0.25, 0.3) is 0 Å². The number of aliphatic carboxylic acids is 1. The number of rotatable bonds is 8. The number of urea groups is 1. The Kier molecular flexibility index (Phi) is 7.56. The predicted molar refractivity (Wildman–Crippen MR) is 97.8 cm³/mol. The Morgan fingerprint density at radius 3 is 2.42 bits per heavy atom. The van der Waals surface area contributed by atoms with Gasteiger partial charge in [-0.1, -0.05) is 6.07 Å². The fraction of sp³-hybridized carbons (Fsp3) is 0.579. The van der Waals surface area contributed by atoms with E-state index < -0.39 is 5.97 Å². The summed E-state index contributed by atoms with van der Waals surface area (Å²) < 4.78 is 11.2. The Labute approximate surface area is 154 Å². The van der Waals surface area contributed by atoms with E-state index in [9.17, 15) is 9.59 Å². The first-order chi connectivity index (χ1) is 12.5. The second kappa shape index (κ2) is 9.89. The highest BCUT2D eigenvalue weighted by molar-refractivity contribution is 5.75. The van der Waals surface area contributed by atoms with Crippen molar-refractivity contribution in [3.63, 3.8) is 0 Å². The van der Waals surface area contributed by atoms with Crippen molar-refractivity contribution in [1.82, 2.24) is 10.2 Å². The second-order valence-electron chi connectivity index (χ2n) is 6.23. The minimum Gasteiger partial charge on any atom is -0.490 e. The van der Waals surface area contributed by atoms with Gasteiger partial charge in [0, 0.05) is 19.6 Å². The first kappa shape index (κ1) is 19.9. The zero-order valence-electron chi connectivity index (χ0n) is 15.5. The Hall–Kier alpha value is -2.44. The predicted octanol–water partition coefficient (Wildman–Crippen LogP) is 2.53. The third-order valence-electron chi connectivity index (χ3n) is 4.43. The Morgan fingerprint density at radius 1 is 1.15 bits per heavy atom. The van der Waals surface area contributed by atoms with Gasteiger partial charge in [-0.05, 0) is 50.8 Å². The van der Waals surface area contributed by atoms with Crippen LogP contribution < -0.4 is 14.8 Å². The van der Waals surface area contributed by atoms with E-state index in [4.69, 9.17) is 14.6 Å². The van der Waals surface area contributed by atoms with Gasteiger partial charge in [0.1, 0.15) is 0 Å². The summed E-state index contributed by atoms with van der Waals surface area (Å²) in [6.07, 6.45) is 1.71. The van der Waals surface area contributed by atoms with Crippen molar-refractivity contribution in [3.05, 3.63) is 23.8 Å². The quantitative estimate of drug-likeness (QED) is 0.740. The monoisotopic (exact) mass is 364 g/mol.